The lowest BCUT2D eigenvalue weighted by atomic mass is 9.72. The number of halogens is 1. The Morgan fingerprint density at radius 1 is 1.41 bits per heavy atom. The fourth-order valence-electron chi connectivity index (χ4n) is 2.58. The van der Waals surface area contributed by atoms with Crippen LogP contribution in [0.2, 0.25) is 0 Å². The van der Waals surface area contributed by atoms with E-state index in [0.717, 1.165) is 11.8 Å². The molecule has 0 aliphatic heterocycles. The zero-order chi connectivity index (χ0) is 12.9. The summed E-state index contributed by atoms with van der Waals surface area (Å²) in [5.74, 6) is 0. The molecule has 0 aromatic carbocycles. The summed E-state index contributed by atoms with van der Waals surface area (Å²) >= 11 is 3.46. The van der Waals surface area contributed by atoms with Crippen molar-refractivity contribution in [3.05, 3.63) is 34.9 Å². The molecule has 1 aliphatic carbocycles. The van der Waals surface area contributed by atoms with Crippen LogP contribution in [0.15, 0.2) is 34.9 Å². The third-order valence-corrected chi connectivity index (χ3v) is 4.09. The van der Waals surface area contributed by atoms with Gasteiger partial charge in [0.25, 0.3) is 0 Å². The van der Waals surface area contributed by atoms with Crippen molar-refractivity contribution in [2.45, 2.75) is 53.4 Å². The van der Waals surface area contributed by atoms with Crippen LogP contribution >= 0.6 is 15.9 Å². The minimum Gasteiger partial charge on any atom is -0.0925 e. The van der Waals surface area contributed by atoms with Crippen LogP contribution in [-0.2, 0) is 0 Å². The number of alkyl halides is 1. The number of hydrogen-bond donors (Lipinski definition) is 0. The van der Waals surface area contributed by atoms with Crippen LogP contribution in [0.1, 0.15) is 53.4 Å². The third-order valence-electron chi connectivity index (χ3n) is 3.63. The van der Waals surface area contributed by atoms with Crippen LogP contribution in [0.3, 0.4) is 0 Å². The lowest BCUT2D eigenvalue weighted by molar-refractivity contribution is 0.377. The van der Waals surface area contributed by atoms with Crippen molar-refractivity contribution in [1.29, 1.82) is 0 Å². The van der Waals surface area contributed by atoms with Gasteiger partial charge in [0.2, 0.25) is 0 Å². The topological polar surface area (TPSA) is 0 Å². The van der Waals surface area contributed by atoms with Gasteiger partial charge in [-0.3, -0.25) is 0 Å². The Morgan fingerprint density at radius 3 is 2.71 bits per heavy atom. The van der Waals surface area contributed by atoms with E-state index in [-0.39, 0.29) is 0 Å². The van der Waals surface area contributed by atoms with Gasteiger partial charge in [-0.1, -0.05) is 59.2 Å². The van der Waals surface area contributed by atoms with Gasteiger partial charge < -0.3 is 0 Å². The molecule has 0 unspecified atom stereocenters. The molecule has 0 bridgehead atoms. The molecule has 0 amide bonds. The second-order valence-electron chi connectivity index (χ2n) is 5.69. The van der Waals surface area contributed by atoms with Gasteiger partial charge in [-0.25, -0.2) is 0 Å². The highest BCUT2D eigenvalue weighted by molar-refractivity contribution is 9.09. The lowest BCUT2D eigenvalue weighted by Crippen LogP contribution is -2.19. The Labute approximate surface area is 115 Å². The van der Waals surface area contributed by atoms with Gasteiger partial charge in [0.15, 0.2) is 0 Å². The van der Waals surface area contributed by atoms with E-state index < -0.39 is 0 Å². The summed E-state index contributed by atoms with van der Waals surface area (Å²) in [4.78, 5) is 0. The second-order valence-corrected chi connectivity index (χ2v) is 6.48. The van der Waals surface area contributed by atoms with Gasteiger partial charge in [0, 0.05) is 5.33 Å². The molecular formula is C16H25Br. The summed E-state index contributed by atoms with van der Waals surface area (Å²) in [6.45, 7) is 9.21. The zero-order valence-corrected chi connectivity index (χ0v) is 13.2. The average molecular weight is 297 g/mol. The standard InChI is InChI=1S/C16H25Br/c1-13(7-6-12-17)9-10-15-14(2)8-5-11-16(15,3)4/h7,9-10H,5-6,8,11-12H2,1-4H3. The summed E-state index contributed by atoms with van der Waals surface area (Å²) in [5.41, 5.74) is 4.85. The normalized spacial score (nSPS) is 21.4. The second kappa shape index (κ2) is 6.58. The molecule has 0 spiro atoms. The average Bonchev–Trinajstić information content (AvgIpc) is 2.24. The summed E-state index contributed by atoms with van der Waals surface area (Å²) in [6, 6.07) is 0. The SMILES string of the molecule is CC(C=CC1=C(C)CCCC1(C)C)=CCCBr. The van der Waals surface area contributed by atoms with Crippen molar-refractivity contribution in [3.63, 3.8) is 0 Å². The highest BCUT2D eigenvalue weighted by Crippen LogP contribution is 2.40. The smallest absolute Gasteiger partial charge is 0.00661 e. The van der Waals surface area contributed by atoms with E-state index in [1.807, 2.05) is 0 Å². The van der Waals surface area contributed by atoms with E-state index in [9.17, 15) is 0 Å². The summed E-state index contributed by atoms with van der Waals surface area (Å²) < 4.78 is 0. The maximum atomic E-state index is 3.46. The van der Waals surface area contributed by atoms with Gasteiger partial charge in [0.1, 0.15) is 0 Å². The fourth-order valence-corrected chi connectivity index (χ4v) is 2.80. The van der Waals surface area contributed by atoms with E-state index in [1.165, 1.54) is 24.8 Å². The molecule has 0 fully saturated rings. The first kappa shape index (κ1) is 14.8. The summed E-state index contributed by atoms with van der Waals surface area (Å²) in [7, 11) is 0. The highest BCUT2D eigenvalue weighted by Gasteiger charge is 2.26. The number of hydrogen-bond acceptors (Lipinski definition) is 0. The van der Waals surface area contributed by atoms with E-state index in [2.05, 4.69) is 61.9 Å². The van der Waals surface area contributed by atoms with Gasteiger partial charge in [-0.15, -0.1) is 0 Å². The molecule has 0 saturated heterocycles. The van der Waals surface area contributed by atoms with Gasteiger partial charge in [-0.2, -0.15) is 0 Å². The molecule has 96 valence electrons. The maximum absolute atomic E-state index is 3.46. The molecule has 0 aromatic heterocycles. The Balaban J connectivity index is 2.82. The van der Waals surface area contributed by atoms with E-state index in [4.69, 9.17) is 0 Å². The molecule has 1 aliphatic rings. The van der Waals surface area contributed by atoms with Crippen LogP contribution in [0.25, 0.3) is 0 Å². The number of allylic oxidation sites excluding steroid dienone is 6. The maximum Gasteiger partial charge on any atom is 0.00661 e. The summed E-state index contributed by atoms with van der Waals surface area (Å²) in [6.07, 6.45) is 11.9. The van der Waals surface area contributed by atoms with Crippen molar-refractivity contribution in [2.75, 3.05) is 5.33 Å². The zero-order valence-electron chi connectivity index (χ0n) is 11.6. The van der Waals surface area contributed by atoms with Gasteiger partial charge >= 0.3 is 0 Å². The minimum atomic E-state index is 0.356. The monoisotopic (exact) mass is 296 g/mol. The summed E-state index contributed by atoms with van der Waals surface area (Å²) in [5, 5.41) is 1.05. The molecule has 0 N–H and O–H groups in total. The van der Waals surface area contributed by atoms with Crippen LogP contribution in [-0.4, -0.2) is 5.33 Å². The molecule has 17 heavy (non-hydrogen) atoms. The molecule has 0 radical (unpaired) electrons. The van der Waals surface area contributed by atoms with E-state index in [1.54, 1.807) is 11.1 Å². The van der Waals surface area contributed by atoms with Crippen molar-refractivity contribution in [1.82, 2.24) is 0 Å². The van der Waals surface area contributed by atoms with Crippen molar-refractivity contribution in [3.8, 4) is 0 Å². The fraction of sp³-hybridized carbons (Fsp3) is 0.625. The minimum absolute atomic E-state index is 0.356. The van der Waals surface area contributed by atoms with E-state index in [0.29, 0.717) is 5.41 Å². The molecular weight excluding hydrogens is 272 g/mol. The van der Waals surface area contributed by atoms with Gasteiger partial charge in [-0.05, 0) is 50.5 Å². The first-order chi connectivity index (χ1) is 7.97. The van der Waals surface area contributed by atoms with Crippen molar-refractivity contribution in [2.24, 2.45) is 5.41 Å². The predicted molar refractivity (Wildman–Crippen MR) is 81.6 cm³/mol. The third kappa shape index (κ3) is 4.46. The van der Waals surface area contributed by atoms with Crippen molar-refractivity contribution >= 4 is 15.9 Å². The molecule has 0 atom stereocenters. The predicted octanol–water partition coefficient (Wildman–Crippen LogP) is 5.80. The van der Waals surface area contributed by atoms with Gasteiger partial charge in [0.05, 0.1) is 0 Å². The number of rotatable bonds is 4. The lowest BCUT2D eigenvalue weighted by Gasteiger charge is -2.32. The van der Waals surface area contributed by atoms with Crippen LogP contribution in [0.4, 0.5) is 0 Å². The van der Waals surface area contributed by atoms with E-state index >= 15 is 0 Å². The molecule has 0 nitrogen and oxygen atoms in total. The first-order valence-corrected chi connectivity index (χ1v) is 7.70. The van der Waals surface area contributed by atoms with Crippen LogP contribution in [0.5, 0.6) is 0 Å². The molecule has 1 heteroatoms. The van der Waals surface area contributed by atoms with Crippen LogP contribution in [0, 0.1) is 5.41 Å². The first-order valence-electron chi connectivity index (χ1n) is 6.58. The Morgan fingerprint density at radius 2 is 2.12 bits per heavy atom. The van der Waals surface area contributed by atoms with Crippen molar-refractivity contribution < 1.29 is 0 Å². The Kier molecular flexibility index (Phi) is 5.72. The Bertz CT molecular complexity index is 343. The molecule has 0 aromatic rings. The highest BCUT2D eigenvalue weighted by atomic mass is 79.9. The Hall–Kier alpha value is -0.300. The molecule has 0 saturated carbocycles. The molecule has 1 rings (SSSR count). The quantitative estimate of drug-likeness (QED) is 0.454. The largest absolute Gasteiger partial charge is 0.0925 e. The molecule has 0 heterocycles. The van der Waals surface area contributed by atoms with Crippen LogP contribution < -0.4 is 0 Å².